The quantitative estimate of drug-likeness (QED) is 0.141. The largest absolute Gasteiger partial charge is 0.339 e. The van der Waals surface area contributed by atoms with E-state index >= 15 is 0 Å². The van der Waals surface area contributed by atoms with Crippen molar-refractivity contribution in [2.24, 2.45) is 0 Å². The number of aromatic amines is 1. The molecule has 0 aliphatic heterocycles. The van der Waals surface area contributed by atoms with Crippen LogP contribution in [0.2, 0.25) is 5.15 Å². The Bertz CT molecular complexity index is 1390. The second kappa shape index (κ2) is 14.5. The minimum absolute atomic E-state index is 0.110. The van der Waals surface area contributed by atoms with E-state index in [2.05, 4.69) is 85.5 Å². The molecule has 0 atom stereocenters. The SMILES string of the molecule is ClP(Cl)(Cl)(Cl)Cl.Clc1ncnc2cc(Br)ccc12.O=P(Cl)(Cl)Cl.O=c1[nH]cnc2ccc(Br)cc12. The third-order valence-electron chi connectivity index (χ3n) is 3.15. The van der Waals surface area contributed by atoms with Crippen LogP contribution in [0.5, 0.6) is 0 Å². The summed E-state index contributed by atoms with van der Waals surface area (Å²) in [6.07, 6.45) is 2.86. The van der Waals surface area contributed by atoms with Crippen LogP contribution in [-0.2, 0) is 4.57 Å². The molecule has 0 amide bonds. The summed E-state index contributed by atoms with van der Waals surface area (Å²) >= 11 is 51.2. The molecule has 2 aromatic carbocycles. The minimum Gasteiger partial charge on any atom is -0.313 e. The first kappa shape index (κ1) is 34.2. The molecule has 4 aromatic rings. The van der Waals surface area contributed by atoms with Gasteiger partial charge in [-0.3, -0.25) is 9.36 Å². The van der Waals surface area contributed by atoms with E-state index in [1.54, 1.807) is 12.1 Å². The van der Waals surface area contributed by atoms with Crippen LogP contribution in [0, 0.1) is 0 Å². The Balaban J connectivity index is 0.000000251. The summed E-state index contributed by atoms with van der Waals surface area (Å²) in [7, 11) is 0. The number of aromatic nitrogens is 4. The van der Waals surface area contributed by atoms with E-state index in [0.29, 0.717) is 16.1 Å². The molecule has 0 radical (unpaired) electrons. The van der Waals surface area contributed by atoms with Gasteiger partial charge in [0, 0.05) is 14.3 Å². The second-order valence-corrected chi connectivity index (χ2v) is 31.2. The van der Waals surface area contributed by atoms with Gasteiger partial charge in [0.25, 0.3) is 5.56 Å². The van der Waals surface area contributed by atoms with Gasteiger partial charge in [0.1, 0.15) is 11.5 Å². The normalized spacial score (nSPS) is 12.1. The smallest absolute Gasteiger partial charge is 0.313 e. The van der Waals surface area contributed by atoms with Crippen molar-refractivity contribution in [1.82, 2.24) is 19.9 Å². The van der Waals surface area contributed by atoms with Crippen LogP contribution in [0.3, 0.4) is 0 Å². The van der Waals surface area contributed by atoms with Crippen LogP contribution < -0.4 is 5.56 Å². The first-order valence-electron chi connectivity index (χ1n) is 8.27. The van der Waals surface area contributed by atoms with Crippen LogP contribution in [0.15, 0.2) is 62.8 Å². The molecule has 0 unspecified atom stereocenters. The Morgan fingerprint density at radius 3 is 1.89 bits per heavy atom. The van der Waals surface area contributed by atoms with Crippen molar-refractivity contribution in [2.75, 3.05) is 0 Å². The number of nitrogens with zero attached hydrogens (tertiary/aromatic N) is 3. The fourth-order valence-corrected chi connectivity index (χ4v) is 2.95. The fraction of sp³-hybridized carbons (Fsp3) is 0. The Morgan fingerprint density at radius 1 is 0.800 bits per heavy atom. The average molecular weight is 830 g/mol. The topological polar surface area (TPSA) is 88.6 Å². The van der Waals surface area contributed by atoms with Crippen molar-refractivity contribution < 1.29 is 4.57 Å². The zero-order valence-electron chi connectivity index (χ0n) is 16.3. The van der Waals surface area contributed by atoms with E-state index in [1.807, 2.05) is 24.3 Å². The molecule has 1 N–H and O–H groups in total. The number of nitrogens with one attached hydrogen (secondary N) is 1. The van der Waals surface area contributed by atoms with Crippen molar-refractivity contribution >= 4 is 164 Å². The van der Waals surface area contributed by atoms with E-state index in [4.69, 9.17) is 67.8 Å². The molecule has 4 rings (SSSR count). The summed E-state index contributed by atoms with van der Waals surface area (Å²) in [5.41, 5.74) is 1.45. The van der Waals surface area contributed by atoms with Crippen molar-refractivity contribution in [2.45, 2.75) is 0 Å². The predicted octanol–water partition coefficient (Wildman–Crippen LogP) is 11.9. The van der Waals surface area contributed by atoms with Crippen LogP contribution >= 0.6 is 142 Å². The summed E-state index contributed by atoms with van der Waals surface area (Å²) in [5.74, 6) is 0. The Labute approximate surface area is 259 Å². The minimum atomic E-state index is -3.69. The number of rotatable bonds is 0. The zero-order valence-corrected chi connectivity index (χ0v) is 28.1. The standard InChI is InChI=1S/C8H4BrClN2.C8H5BrN2O.Cl5P.Cl3OP/c9-5-1-2-6-7(3-5)11-4-12-8(6)10;9-5-1-2-7-6(3-5)8(12)11-4-10-7;1-6(2,3,4)5;1-5(2,3)4/h1-4H;1-4H,(H,10,11,12);;. The maximum atomic E-state index is 11.2. The van der Waals surface area contributed by atoms with Gasteiger partial charge in [0.15, 0.2) is 0 Å². The van der Waals surface area contributed by atoms with E-state index in [9.17, 15) is 9.36 Å². The predicted molar refractivity (Wildman–Crippen MR) is 164 cm³/mol. The van der Waals surface area contributed by atoms with Gasteiger partial charge >= 0.3 is 64.8 Å². The third kappa shape index (κ3) is 17.4. The van der Waals surface area contributed by atoms with E-state index < -0.39 is 8.57 Å². The molecule has 6 nitrogen and oxygen atoms in total. The van der Waals surface area contributed by atoms with Crippen LogP contribution in [0.4, 0.5) is 0 Å². The van der Waals surface area contributed by atoms with Gasteiger partial charge < -0.3 is 4.98 Å². The Hall–Kier alpha value is 1.15. The molecular weight excluding hydrogens is 821 g/mol. The number of hydrogen-bond donors (Lipinski definition) is 1. The molecule has 0 fully saturated rings. The fourth-order valence-electron chi connectivity index (χ4n) is 2.04. The van der Waals surface area contributed by atoms with Crippen LogP contribution in [0.1, 0.15) is 0 Å². The molecule has 19 heteroatoms. The number of hydrogen-bond acceptors (Lipinski definition) is 5. The zero-order chi connectivity index (χ0) is 27.1. The molecule has 2 heterocycles. The van der Waals surface area contributed by atoms with E-state index in [1.165, 1.54) is 12.7 Å². The van der Waals surface area contributed by atoms with Crippen molar-refractivity contribution in [1.29, 1.82) is 0 Å². The number of halogens is 11. The summed E-state index contributed by atoms with van der Waals surface area (Å²) in [4.78, 5) is 25.7. The van der Waals surface area contributed by atoms with Crippen molar-refractivity contribution in [3.05, 3.63) is 73.5 Å². The van der Waals surface area contributed by atoms with Gasteiger partial charge in [0.2, 0.25) is 0 Å². The molecule has 0 aliphatic carbocycles. The van der Waals surface area contributed by atoms with Crippen LogP contribution in [-0.4, -0.2) is 19.9 Å². The van der Waals surface area contributed by atoms with Gasteiger partial charge in [-0.25, -0.2) is 15.0 Å². The maximum Gasteiger partial charge on any atom is 0.339 e. The van der Waals surface area contributed by atoms with Crippen molar-refractivity contribution in [3.63, 3.8) is 0 Å². The van der Waals surface area contributed by atoms with E-state index in [0.717, 1.165) is 19.8 Å². The van der Waals surface area contributed by atoms with E-state index in [-0.39, 0.29) is 5.56 Å². The summed E-state index contributed by atoms with van der Waals surface area (Å²) in [6.45, 7) is 0. The molecule has 0 bridgehead atoms. The molecule has 0 aliphatic rings. The van der Waals surface area contributed by atoms with Crippen molar-refractivity contribution in [3.8, 4) is 0 Å². The Morgan fingerprint density at radius 2 is 1.31 bits per heavy atom. The summed E-state index contributed by atoms with van der Waals surface area (Å²) in [6, 6.07) is 11.1. The molecule has 0 saturated heterocycles. The van der Waals surface area contributed by atoms with Gasteiger partial charge in [-0.15, -0.1) is 0 Å². The monoisotopic (exact) mass is 824 g/mol. The first-order chi connectivity index (χ1) is 15.8. The van der Waals surface area contributed by atoms with Gasteiger partial charge in [0.05, 0.1) is 22.7 Å². The third-order valence-corrected chi connectivity index (χ3v) is 4.44. The molecule has 2 aromatic heterocycles. The molecule has 0 spiro atoms. The maximum absolute atomic E-state index is 11.2. The summed E-state index contributed by atoms with van der Waals surface area (Å²) in [5, 5.41) is -1.25. The number of H-pyrrole nitrogens is 1. The first-order valence-corrected chi connectivity index (χ1v) is 21.4. The molecule has 192 valence electrons. The van der Waals surface area contributed by atoms with Gasteiger partial charge in [-0.05, 0) is 70.1 Å². The average Bonchev–Trinajstić information content (AvgIpc) is 2.66. The summed E-state index contributed by atoms with van der Waals surface area (Å²) < 4.78 is 7.70. The Kier molecular flexibility index (Phi) is 14.2. The molecular formula is C16H9Br2Cl9N4O2P2. The number of benzene rings is 2. The van der Waals surface area contributed by atoms with Gasteiger partial charge in [-0.1, -0.05) is 43.5 Å². The number of fused-ring (bicyclic) bond motifs is 2. The van der Waals surface area contributed by atoms with Gasteiger partial charge in [-0.2, -0.15) is 0 Å². The molecule has 0 saturated carbocycles. The van der Waals surface area contributed by atoms with Crippen LogP contribution in [0.25, 0.3) is 21.8 Å². The second-order valence-electron chi connectivity index (χ2n) is 5.76. The molecule has 35 heavy (non-hydrogen) atoms.